The fourth-order valence-electron chi connectivity index (χ4n) is 2.57. The van der Waals surface area contributed by atoms with Crippen LogP contribution in [0.2, 0.25) is 0 Å². The van der Waals surface area contributed by atoms with E-state index in [9.17, 15) is 4.79 Å². The highest BCUT2D eigenvalue weighted by Crippen LogP contribution is 2.26. The van der Waals surface area contributed by atoms with Crippen molar-refractivity contribution in [1.82, 2.24) is 10.6 Å². The van der Waals surface area contributed by atoms with Crippen molar-refractivity contribution in [2.45, 2.75) is 46.0 Å². The van der Waals surface area contributed by atoms with E-state index < -0.39 is 6.23 Å². The molecule has 0 bridgehead atoms. The lowest BCUT2D eigenvalue weighted by Gasteiger charge is -2.20. The summed E-state index contributed by atoms with van der Waals surface area (Å²) in [7, 11) is 0. The lowest BCUT2D eigenvalue weighted by molar-refractivity contribution is 0.175. The molecule has 1 atom stereocenters. The molecular weight excluding hydrogens is 314 g/mol. The Morgan fingerprint density at radius 2 is 1.80 bits per heavy atom. The third-order valence-electron chi connectivity index (χ3n) is 3.86. The standard InChI is InChI=1S/C20H27N3O2/c1-14(2)18-9-4-5-10-19(18)25-15(3)23-20(24)22-13-17-8-6-7-16(11-17)12-21/h4-11,14-15H,12-13,21H2,1-3H3,(H2,22,23,24). The van der Waals surface area contributed by atoms with Gasteiger partial charge in [0.2, 0.25) is 0 Å². The van der Waals surface area contributed by atoms with E-state index in [-0.39, 0.29) is 6.03 Å². The van der Waals surface area contributed by atoms with Crippen molar-refractivity contribution in [1.29, 1.82) is 0 Å². The van der Waals surface area contributed by atoms with Crippen molar-refractivity contribution < 1.29 is 9.53 Å². The van der Waals surface area contributed by atoms with Crippen LogP contribution in [0.5, 0.6) is 5.75 Å². The molecule has 2 amide bonds. The summed E-state index contributed by atoms with van der Waals surface area (Å²) >= 11 is 0. The summed E-state index contributed by atoms with van der Waals surface area (Å²) in [6.45, 7) is 6.96. The molecule has 5 nitrogen and oxygen atoms in total. The molecule has 0 heterocycles. The molecule has 2 rings (SSSR count). The molecule has 0 fully saturated rings. The van der Waals surface area contributed by atoms with Gasteiger partial charge in [-0.3, -0.25) is 0 Å². The SMILES string of the molecule is CC(NC(=O)NCc1cccc(CN)c1)Oc1ccccc1C(C)C. The zero-order valence-corrected chi connectivity index (χ0v) is 15.1. The first-order chi connectivity index (χ1) is 12.0. The molecule has 0 aromatic heterocycles. The fraction of sp³-hybridized carbons (Fsp3) is 0.350. The number of nitrogens with one attached hydrogen (secondary N) is 2. The number of urea groups is 1. The van der Waals surface area contributed by atoms with E-state index in [0.29, 0.717) is 19.0 Å². The van der Waals surface area contributed by atoms with Crippen LogP contribution in [0.25, 0.3) is 0 Å². The summed E-state index contributed by atoms with van der Waals surface area (Å²) in [6.07, 6.45) is -0.435. The Hall–Kier alpha value is -2.53. The van der Waals surface area contributed by atoms with Crippen LogP contribution >= 0.6 is 0 Å². The molecule has 0 radical (unpaired) electrons. The Kier molecular flexibility index (Phi) is 6.83. The predicted octanol–water partition coefficient (Wildman–Crippen LogP) is 3.49. The van der Waals surface area contributed by atoms with Crippen LogP contribution < -0.4 is 21.1 Å². The Morgan fingerprint density at radius 1 is 1.08 bits per heavy atom. The number of hydrogen-bond donors (Lipinski definition) is 3. The van der Waals surface area contributed by atoms with E-state index in [0.717, 1.165) is 22.4 Å². The van der Waals surface area contributed by atoms with Gasteiger partial charge in [-0.25, -0.2) is 4.79 Å². The second-order valence-electron chi connectivity index (χ2n) is 6.30. The highest BCUT2D eigenvalue weighted by atomic mass is 16.5. The first kappa shape index (κ1) is 18.8. The average Bonchev–Trinajstić information content (AvgIpc) is 2.60. The zero-order chi connectivity index (χ0) is 18.2. The Labute approximate surface area is 149 Å². The predicted molar refractivity (Wildman–Crippen MR) is 100 cm³/mol. The maximum Gasteiger partial charge on any atom is 0.317 e. The molecule has 0 spiro atoms. The zero-order valence-electron chi connectivity index (χ0n) is 15.1. The van der Waals surface area contributed by atoms with Crippen LogP contribution in [-0.2, 0) is 13.1 Å². The van der Waals surface area contributed by atoms with Crippen molar-refractivity contribution in [3.05, 3.63) is 65.2 Å². The smallest absolute Gasteiger partial charge is 0.317 e. The molecule has 134 valence electrons. The van der Waals surface area contributed by atoms with Crippen molar-refractivity contribution in [3.63, 3.8) is 0 Å². The van der Waals surface area contributed by atoms with Gasteiger partial charge in [0.1, 0.15) is 5.75 Å². The topological polar surface area (TPSA) is 76.4 Å². The minimum atomic E-state index is -0.435. The summed E-state index contributed by atoms with van der Waals surface area (Å²) in [6, 6.07) is 15.4. The van der Waals surface area contributed by atoms with Crippen molar-refractivity contribution in [2.24, 2.45) is 5.73 Å². The van der Waals surface area contributed by atoms with E-state index in [4.69, 9.17) is 10.5 Å². The number of hydrogen-bond acceptors (Lipinski definition) is 3. The number of ether oxygens (including phenoxy) is 1. The van der Waals surface area contributed by atoms with E-state index in [1.54, 1.807) is 0 Å². The monoisotopic (exact) mass is 341 g/mol. The normalized spacial score (nSPS) is 11.9. The van der Waals surface area contributed by atoms with Gasteiger partial charge in [-0.15, -0.1) is 0 Å². The van der Waals surface area contributed by atoms with Crippen molar-refractivity contribution in [3.8, 4) is 5.75 Å². The van der Waals surface area contributed by atoms with E-state index in [1.807, 2.05) is 55.5 Å². The second-order valence-corrected chi connectivity index (χ2v) is 6.30. The molecule has 0 aliphatic rings. The first-order valence-corrected chi connectivity index (χ1v) is 8.57. The average molecular weight is 341 g/mol. The van der Waals surface area contributed by atoms with Gasteiger partial charge in [0.25, 0.3) is 0 Å². The maximum atomic E-state index is 12.1. The molecule has 2 aromatic rings. The van der Waals surface area contributed by atoms with Gasteiger partial charge in [0.15, 0.2) is 6.23 Å². The third kappa shape index (κ3) is 5.80. The Morgan fingerprint density at radius 3 is 2.52 bits per heavy atom. The maximum absolute atomic E-state index is 12.1. The number of amides is 2. The number of benzene rings is 2. The summed E-state index contributed by atoms with van der Waals surface area (Å²) in [5.41, 5.74) is 8.81. The highest BCUT2D eigenvalue weighted by Gasteiger charge is 2.12. The molecule has 0 saturated carbocycles. The molecule has 5 heteroatoms. The van der Waals surface area contributed by atoms with Gasteiger partial charge < -0.3 is 21.1 Å². The molecule has 4 N–H and O–H groups in total. The molecule has 25 heavy (non-hydrogen) atoms. The van der Waals surface area contributed by atoms with Crippen molar-refractivity contribution in [2.75, 3.05) is 0 Å². The van der Waals surface area contributed by atoms with E-state index in [2.05, 4.69) is 24.5 Å². The Bertz CT molecular complexity index is 701. The van der Waals surface area contributed by atoms with Crippen LogP contribution in [0.15, 0.2) is 48.5 Å². The van der Waals surface area contributed by atoms with Crippen LogP contribution in [0.4, 0.5) is 4.79 Å². The number of rotatable bonds is 7. The summed E-state index contributed by atoms with van der Waals surface area (Å²) < 4.78 is 5.88. The number of nitrogens with two attached hydrogens (primary N) is 1. The van der Waals surface area contributed by atoms with Crippen LogP contribution in [0, 0.1) is 0 Å². The molecule has 2 aromatic carbocycles. The van der Waals surface area contributed by atoms with Crippen molar-refractivity contribution >= 4 is 6.03 Å². The van der Waals surface area contributed by atoms with Gasteiger partial charge in [0.05, 0.1) is 0 Å². The minimum absolute atomic E-state index is 0.271. The third-order valence-corrected chi connectivity index (χ3v) is 3.86. The largest absolute Gasteiger partial charge is 0.471 e. The fourth-order valence-corrected chi connectivity index (χ4v) is 2.57. The summed E-state index contributed by atoms with van der Waals surface area (Å²) in [5.74, 6) is 1.15. The van der Waals surface area contributed by atoms with E-state index in [1.165, 1.54) is 0 Å². The second kappa shape index (κ2) is 9.08. The molecular formula is C20H27N3O2. The molecule has 0 aliphatic carbocycles. The number of para-hydroxylation sites is 1. The lowest BCUT2D eigenvalue weighted by atomic mass is 10.0. The van der Waals surface area contributed by atoms with Crippen LogP contribution in [-0.4, -0.2) is 12.3 Å². The van der Waals surface area contributed by atoms with Gasteiger partial charge in [0, 0.05) is 13.1 Å². The summed E-state index contributed by atoms with van der Waals surface area (Å²) in [4.78, 5) is 12.1. The minimum Gasteiger partial charge on any atom is -0.471 e. The van der Waals surface area contributed by atoms with Gasteiger partial charge >= 0.3 is 6.03 Å². The lowest BCUT2D eigenvalue weighted by Crippen LogP contribution is -2.43. The summed E-state index contributed by atoms with van der Waals surface area (Å²) in [5, 5.41) is 5.63. The van der Waals surface area contributed by atoms with Crippen LogP contribution in [0.1, 0.15) is 43.4 Å². The van der Waals surface area contributed by atoms with Crippen LogP contribution in [0.3, 0.4) is 0 Å². The van der Waals surface area contributed by atoms with E-state index >= 15 is 0 Å². The highest BCUT2D eigenvalue weighted by molar-refractivity contribution is 5.74. The Balaban J connectivity index is 1.86. The molecule has 0 aliphatic heterocycles. The molecule has 1 unspecified atom stereocenters. The molecule has 0 saturated heterocycles. The van der Waals surface area contributed by atoms with Gasteiger partial charge in [-0.05, 0) is 35.6 Å². The number of carbonyl (C=O) groups excluding carboxylic acids is 1. The van der Waals surface area contributed by atoms with Gasteiger partial charge in [-0.2, -0.15) is 0 Å². The quantitative estimate of drug-likeness (QED) is 0.675. The number of carbonyl (C=O) groups is 1. The van der Waals surface area contributed by atoms with Gasteiger partial charge in [-0.1, -0.05) is 56.3 Å². The first-order valence-electron chi connectivity index (χ1n) is 8.57.